The Balaban J connectivity index is 2.72. The molecule has 0 unspecified atom stereocenters. The maximum absolute atomic E-state index is 2.40. The normalized spacial score (nSPS) is 12.1. The van der Waals surface area contributed by atoms with Gasteiger partial charge in [0.2, 0.25) is 0 Å². The number of hydrogen-bond acceptors (Lipinski definition) is 0. The average Bonchev–Trinajstić information content (AvgIpc) is 2.36. The molecule has 0 heteroatoms. The Kier molecular flexibility index (Phi) is 3.99. The third kappa shape index (κ3) is 2.83. The molecule has 0 aliphatic heterocycles. The van der Waals surface area contributed by atoms with Gasteiger partial charge in [-0.05, 0) is 45.2 Å². The fourth-order valence-electron chi connectivity index (χ4n) is 2.60. The van der Waals surface area contributed by atoms with E-state index < -0.39 is 0 Å². The fourth-order valence-corrected chi connectivity index (χ4v) is 2.60. The lowest BCUT2D eigenvalue weighted by molar-refractivity contribution is 0.839. The molecule has 0 aromatic heterocycles. The molecule has 0 spiro atoms. The van der Waals surface area contributed by atoms with Crippen molar-refractivity contribution in [2.24, 2.45) is 0 Å². The minimum absolute atomic E-state index is 0.573. The Morgan fingerprint density at radius 2 is 1.26 bits per heavy atom. The first kappa shape index (κ1) is 14.1. The quantitative estimate of drug-likeness (QED) is 0.611. The molecule has 102 valence electrons. The lowest BCUT2D eigenvalue weighted by Crippen LogP contribution is -1.96. The van der Waals surface area contributed by atoms with Crippen LogP contribution < -0.4 is 0 Å². The molecule has 0 radical (unpaired) electrons. The fraction of sp³-hybridized carbons (Fsp3) is 0.474. The Bertz CT molecular complexity index is 574. The van der Waals surface area contributed by atoms with E-state index >= 15 is 0 Å². The maximum atomic E-state index is 2.40. The van der Waals surface area contributed by atoms with Gasteiger partial charge in [-0.1, -0.05) is 71.9 Å². The van der Waals surface area contributed by atoms with Crippen LogP contribution in [0.4, 0.5) is 0 Å². The Morgan fingerprint density at radius 3 is 1.79 bits per heavy atom. The molecule has 0 atom stereocenters. The minimum Gasteiger partial charge on any atom is -0.0587 e. The van der Waals surface area contributed by atoms with E-state index in [-0.39, 0.29) is 0 Å². The van der Waals surface area contributed by atoms with Gasteiger partial charge >= 0.3 is 0 Å². The summed E-state index contributed by atoms with van der Waals surface area (Å²) >= 11 is 0. The predicted molar refractivity (Wildman–Crippen MR) is 86.2 cm³/mol. The molecule has 2 aromatic carbocycles. The van der Waals surface area contributed by atoms with Gasteiger partial charge in [0.05, 0.1) is 0 Å². The van der Waals surface area contributed by atoms with Gasteiger partial charge in [0.1, 0.15) is 0 Å². The summed E-state index contributed by atoms with van der Waals surface area (Å²) in [7, 11) is 0. The summed E-state index contributed by atoms with van der Waals surface area (Å²) in [6.07, 6.45) is 0. The van der Waals surface area contributed by atoms with Gasteiger partial charge in [0, 0.05) is 0 Å². The van der Waals surface area contributed by atoms with Crippen LogP contribution >= 0.6 is 0 Å². The molecule has 0 bridgehead atoms. The van der Waals surface area contributed by atoms with Crippen molar-refractivity contribution in [3.05, 3.63) is 47.0 Å². The van der Waals surface area contributed by atoms with Gasteiger partial charge in [-0.2, -0.15) is 0 Å². The second-order valence-corrected chi connectivity index (χ2v) is 6.55. The Hall–Kier alpha value is -1.30. The van der Waals surface area contributed by atoms with E-state index in [0.717, 1.165) is 0 Å². The van der Waals surface area contributed by atoms with Crippen LogP contribution in [0, 0.1) is 0 Å². The van der Waals surface area contributed by atoms with Gasteiger partial charge < -0.3 is 0 Å². The molecule has 0 saturated carbocycles. The number of benzene rings is 2. The first-order chi connectivity index (χ1) is 8.90. The van der Waals surface area contributed by atoms with Gasteiger partial charge in [0.25, 0.3) is 0 Å². The topological polar surface area (TPSA) is 0 Å². The van der Waals surface area contributed by atoms with Crippen LogP contribution in [0.3, 0.4) is 0 Å². The summed E-state index contributed by atoms with van der Waals surface area (Å²) < 4.78 is 0. The first-order valence-corrected chi connectivity index (χ1v) is 7.47. The molecule has 0 fully saturated rings. The SMILES string of the molecule is CC(C)c1cc(C(C)C)c2cc(C(C)C)ccc2c1. The summed E-state index contributed by atoms with van der Waals surface area (Å²) in [5.41, 5.74) is 4.38. The zero-order valence-electron chi connectivity index (χ0n) is 13.1. The second-order valence-electron chi connectivity index (χ2n) is 6.55. The zero-order chi connectivity index (χ0) is 14.2. The lowest BCUT2D eigenvalue weighted by Gasteiger charge is -2.17. The van der Waals surface area contributed by atoms with Crippen LogP contribution in [0.25, 0.3) is 10.8 Å². The molecule has 2 rings (SSSR count). The van der Waals surface area contributed by atoms with Gasteiger partial charge in [-0.3, -0.25) is 0 Å². The van der Waals surface area contributed by atoms with Gasteiger partial charge in [-0.25, -0.2) is 0 Å². The van der Waals surface area contributed by atoms with E-state index in [2.05, 4.69) is 71.9 Å². The van der Waals surface area contributed by atoms with Crippen molar-refractivity contribution in [2.75, 3.05) is 0 Å². The largest absolute Gasteiger partial charge is 0.0587 e. The Labute approximate surface area is 117 Å². The highest BCUT2D eigenvalue weighted by atomic mass is 14.2. The van der Waals surface area contributed by atoms with Crippen molar-refractivity contribution in [1.29, 1.82) is 0 Å². The van der Waals surface area contributed by atoms with E-state index in [1.807, 2.05) is 0 Å². The van der Waals surface area contributed by atoms with E-state index in [1.165, 1.54) is 27.5 Å². The standard InChI is InChI=1S/C19H26/c1-12(2)15-7-8-16-9-17(13(3)4)11-18(14(5)6)19(16)10-15/h7-14H,1-6H3. The lowest BCUT2D eigenvalue weighted by atomic mass is 9.88. The van der Waals surface area contributed by atoms with Crippen LogP contribution in [-0.2, 0) is 0 Å². The molecule has 0 amide bonds. The Morgan fingerprint density at radius 1 is 0.632 bits per heavy atom. The summed E-state index contributed by atoms with van der Waals surface area (Å²) in [5.74, 6) is 1.75. The van der Waals surface area contributed by atoms with Crippen LogP contribution in [-0.4, -0.2) is 0 Å². The molecule has 0 aliphatic rings. The molecule has 0 heterocycles. The van der Waals surface area contributed by atoms with Crippen LogP contribution in [0.15, 0.2) is 30.3 Å². The summed E-state index contributed by atoms with van der Waals surface area (Å²) in [6, 6.07) is 11.7. The van der Waals surface area contributed by atoms with Crippen molar-refractivity contribution in [3.63, 3.8) is 0 Å². The highest BCUT2D eigenvalue weighted by Gasteiger charge is 2.11. The molecule has 0 saturated heterocycles. The van der Waals surface area contributed by atoms with E-state index in [9.17, 15) is 0 Å². The van der Waals surface area contributed by atoms with E-state index in [1.54, 1.807) is 0 Å². The molecular formula is C19H26. The van der Waals surface area contributed by atoms with Crippen molar-refractivity contribution in [1.82, 2.24) is 0 Å². The zero-order valence-corrected chi connectivity index (χ0v) is 13.1. The molecule has 0 nitrogen and oxygen atoms in total. The molecule has 19 heavy (non-hydrogen) atoms. The monoisotopic (exact) mass is 254 g/mol. The highest BCUT2D eigenvalue weighted by Crippen LogP contribution is 2.32. The third-order valence-electron chi connectivity index (χ3n) is 3.99. The minimum atomic E-state index is 0.573. The predicted octanol–water partition coefficient (Wildman–Crippen LogP) is 6.21. The van der Waals surface area contributed by atoms with Crippen molar-refractivity contribution >= 4 is 10.8 Å². The number of rotatable bonds is 3. The third-order valence-corrected chi connectivity index (χ3v) is 3.99. The average molecular weight is 254 g/mol. The second kappa shape index (κ2) is 5.36. The van der Waals surface area contributed by atoms with Crippen LogP contribution in [0.2, 0.25) is 0 Å². The van der Waals surface area contributed by atoms with Crippen molar-refractivity contribution < 1.29 is 0 Å². The van der Waals surface area contributed by atoms with Gasteiger partial charge in [-0.15, -0.1) is 0 Å². The van der Waals surface area contributed by atoms with E-state index in [4.69, 9.17) is 0 Å². The molecular weight excluding hydrogens is 228 g/mol. The number of hydrogen-bond donors (Lipinski definition) is 0. The molecule has 2 aromatic rings. The maximum Gasteiger partial charge on any atom is -0.0146 e. The highest BCUT2D eigenvalue weighted by molar-refractivity contribution is 5.87. The van der Waals surface area contributed by atoms with Gasteiger partial charge in [0.15, 0.2) is 0 Å². The van der Waals surface area contributed by atoms with Crippen LogP contribution in [0.1, 0.15) is 76.0 Å². The molecule has 0 N–H and O–H groups in total. The van der Waals surface area contributed by atoms with E-state index in [0.29, 0.717) is 17.8 Å². The van der Waals surface area contributed by atoms with Crippen LogP contribution in [0.5, 0.6) is 0 Å². The van der Waals surface area contributed by atoms with Crippen molar-refractivity contribution in [3.8, 4) is 0 Å². The molecule has 0 aliphatic carbocycles. The summed E-state index contributed by atoms with van der Waals surface area (Å²) in [6.45, 7) is 13.7. The smallest absolute Gasteiger partial charge is 0.0146 e. The summed E-state index contributed by atoms with van der Waals surface area (Å²) in [4.78, 5) is 0. The summed E-state index contributed by atoms with van der Waals surface area (Å²) in [5, 5.41) is 2.82. The number of fused-ring (bicyclic) bond motifs is 1. The first-order valence-electron chi connectivity index (χ1n) is 7.47. The van der Waals surface area contributed by atoms with Crippen molar-refractivity contribution in [2.45, 2.75) is 59.3 Å².